The minimum atomic E-state index is -0.296. The van der Waals surface area contributed by atoms with Crippen LogP contribution in [-0.4, -0.2) is 35.1 Å². The second-order valence-electron chi connectivity index (χ2n) is 6.80. The van der Waals surface area contributed by atoms with Gasteiger partial charge in [-0.05, 0) is 48.8 Å². The molecule has 1 amide bonds. The van der Waals surface area contributed by atoms with Gasteiger partial charge in [-0.25, -0.2) is 4.79 Å². The van der Waals surface area contributed by atoms with E-state index in [0.717, 1.165) is 29.8 Å². The monoisotopic (exact) mass is 422 g/mol. The topological polar surface area (TPSA) is 70.1 Å². The van der Waals surface area contributed by atoms with Crippen LogP contribution < -0.4 is 15.9 Å². The number of aromatic amines is 1. The Hall–Kier alpha value is -2.18. The number of carbonyl (C=O) groups excluding carboxylic acids is 1. The zero-order valence-electron chi connectivity index (χ0n) is 16.0. The molecule has 1 aliphatic heterocycles. The highest BCUT2D eigenvalue weighted by Gasteiger charge is 2.25. The number of rotatable bonds is 7. The number of aromatic nitrogens is 2. The Morgan fingerprint density at radius 3 is 2.57 bits per heavy atom. The largest absolute Gasteiger partial charge is 0.355 e. The molecule has 0 spiro atoms. The SMILES string of the molecule is CCCCNC(=O)Cn1c2c([nH]c1=O)C=C(c1cc(Cl)cc(Cl)c1)CN2CC. The Labute approximate surface area is 174 Å². The minimum Gasteiger partial charge on any atom is -0.355 e. The summed E-state index contributed by atoms with van der Waals surface area (Å²) in [5, 5.41) is 3.98. The number of nitrogens with one attached hydrogen (secondary N) is 2. The third-order valence-electron chi connectivity index (χ3n) is 4.73. The predicted molar refractivity (Wildman–Crippen MR) is 115 cm³/mol. The fourth-order valence-electron chi connectivity index (χ4n) is 3.35. The van der Waals surface area contributed by atoms with E-state index >= 15 is 0 Å². The summed E-state index contributed by atoms with van der Waals surface area (Å²) in [5.41, 5.74) is 2.30. The Morgan fingerprint density at radius 1 is 1.21 bits per heavy atom. The summed E-state index contributed by atoms with van der Waals surface area (Å²) < 4.78 is 1.50. The second-order valence-corrected chi connectivity index (χ2v) is 7.67. The molecule has 2 aromatic rings. The van der Waals surface area contributed by atoms with E-state index in [1.165, 1.54) is 4.57 Å². The van der Waals surface area contributed by atoms with Crippen LogP contribution in [0.2, 0.25) is 10.0 Å². The van der Waals surface area contributed by atoms with Gasteiger partial charge in [0.1, 0.15) is 12.4 Å². The highest BCUT2D eigenvalue weighted by atomic mass is 35.5. The van der Waals surface area contributed by atoms with Gasteiger partial charge in [0.25, 0.3) is 0 Å². The molecular formula is C20H24Cl2N4O2. The van der Waals surface area contributed by atoms with E-state index in [-0.39, 0.29) is 18.1 Å². The highest BCUT2D eigenvalue weighted by Crippen LogP contribution is 2.33. The van der Waals surface area contributed by atoms with Crippen molar-refractivity contribution in [1.29, 1.82) is 0 Å². The Balaban J connectivity index is 1.94. The van der Waals surface area contributed by atoms with E-state index < -0.39 is 0 Å². The lowest BCUT2D eigenvalue weighted by Crippen LogP contribution is -2.36. The summed E-state index contributed by atoms with van der Waals surface area (Å²) in [5.74, 6) is 0.569. The van der Waals surface area contributed by atoms with Crippen molar-refractivity contribution >= 4 is 46.6 Å². The van der Waals surface area contributed by atoms with Crippen molar-refractivity contribution in [1.82, 2.24) is 14.9 Å². The molecule has 3 rings (SSSR count). The normalized spacial score (nSPS) is 13.3. The molecule has 6 nitrogen and oxygen atoms in total. The number of anilines is 1. The van der Waals surface area contributed by atoms with E-state index in [0.29, 0.717) is 35.4 Å². The molecule has 0 bridgehead atoms. The number of unbranched alkanes of at least 4 members (excludes halogenated alkanes) is 1. The molecule has 0 saturated heterocycles. The van der Waals surface area contributed by atoms with Gasteiger partial charge in [-0.1, -0.05) is 36.5 Å². The van der Waals surface area contributed by atoms with Crippen LogP contribution in [0.15, 0.2) is 23.0 Å². The first-order chi connectivity index (χ1) is 13.4. The molecule has 0 unspecified atom stereocenters. The van der Waals surface area contributed by atoms with Crippen LogP contribution in [0.25, 0.3) is 11.6 Å². The highest BCUT2D eigenvalue weighted by molar-refractivity contribution is 6.35. The molecule has 0 atom stereocenters. The van der Waals surface area contributed by atoms with Crippen LogP contribution in [0.1, 0.15) is 37.9 Å². The van der Waals surface area contributed by atoms with Gasteiger partial charge >= 0.3 is 5.69 Å². The van der Waals surface area contributed by atoms with Gasteiger partial charge < -0.3 is 15.2 Å². The maximum absolute atomic E-state index is 12.5. The first-order valence-electron chi connectivity index (χ1n) is 9.44. The van der Waals surface area contributed by atoms with Gasteiger partial charge in [-0.3, -0.25) is 9.36 Å². The Morgan fingerprint density at radius 2 is 1.93 bits per heavy atom. The van der Waals surface area contributed by atoms with Crippen LogP contribution in [-0.2, 0) is 11.3 Å². The van der Waals surface area contributed by atoms with Crippen molar-refractivity contribution in [2.45, 2.75) is 33.2 Å². The standard InChI is InChI=1S/C20H24Cl2N4O2/c1-3-5-6-23-18(27)12-26-19-17(24-20(26)28)9-14(11-25(19)4-2)13-7-15(21)10-16(22)8-13/h7-10H,3-6,11-12H2,1-2H3,(H,23,27)(H,24,28). The minimum absolute atomic E-state index is 0.00293. The molecule has 150 valence electrons. The molecule has 8 heteroatoms. The number of amides is 1. The van der Waals surface area contributed by atoms with Gasteiger partial charge in [0.05, 0.1) is 5.69 Å². The van der Waals surface area contributed by atoms with E-state index in [4.69, 9.17) is 23.2 Å². The van der Waals surface area contributed by atoms with Crippen LogP contribution in [0.4, 0.5) is 5.82 Å². The molecule has 1 aliphatic rings. The van der Waals surface area contributed by atoms with Crippen LogP contribution >= 0.6 is 23.2 Å². The molecule has 1 aromatic carbocycles. The van der Waals surface area contributed by atoms with Gasteiger partial charge in [0.15, 0.2) is 0 Å². The summed E-state index contributed by atoms with van der Waals surface area (Å²) in [4.78, 5) is 29.7. The fraction of sp³-hybridized carbons (Fsp3) is 0.400. The molecule has 28 heavy (non-hydrogen) atoms. The summed E-state index contributed by atoms with van der Waals surface area (Å²) >= 11 is 12.3. The first kappa shape index (κ1) is 20.6. The number of halogens is 2. The molecule has 0 radical (unpaired) electrons. The molecule has 2 N–H and O–H groups in total. The molecular weight excluding hydrogens is 399 g/mol. The number of benzene rings is 1. The van der Waals surface area contributed by atoms with Crippen molar-refractivity contribution in [3.63, 3.8) is 0 Å². The summed E-state index contributed by atoms with van der Waals surface area (Å²) in [6, 6.07) is 5.40. The number of imidazole rings is 1. The van der Waals surface area contributed by atoms with E-state index in [9.17, 15) is 9.59 Å². The average Bonchev–Trinajstić information content (AvgIpc) is 2.95. The van der Waals surface area contributed by atoms with Crippen LogP contribution in [0.3, 0.4) is 0 Å². The van der Waals surface area contributed by atoms with Crippen LogP contribution in [0.5, 0.6) is 0 Å². The third-order valence-corrected chi connectivity index (χ3v) is 5.17. The maximum atomic E-state index is 12.5. The lowest BCUT2D eigenvalue weighted by Gasteiger charge is -2.29. The van der Waals surface area contributed by atoms with E-state index in [1.54, 1.807) is 6.07 Å². The summed E-state index contributed by atoms with van der Waals surface area (Å²) in [6.45, 7) is 5.98. The average molecular weight is 423 g/mol. The molecule has 1 aromatic heterocycles. The fourth-order valence-corrected chi connectivity index (χ4v) is 3.87. The quantitative estimate of drug-likeness (QED) is 0.666. The number of likely N-dealkylation sites (N-methyl/N-ethyl adjacent to an activating group) is 1. The van der Waals surface area contributed by atoms with Gasteiger partial charge in [-0.2, -0.15) is 0 Å². The number of fused-ring (bicyclic) bond motifs is 1. The number of H-pyrrole nitrogens is 1. The van der Waals surface area contributed by atoms with E-state index in [1.807, 2.05) is 25.1 Å². The summed E-state index contributed by atoms with van der Waals surface area (Å²) in [6.07, 6.45) is 3.85. The Kier molecular flexibility index (Phi) is 6.52. The van der Waals surface area contributed by atoms with Gasteiger partial charge in [0.2, 0.25) is 5.91 Å². The maximum Gasteiger partial charge on any atom is 0.328 e. The third kappa shape index (κ3) is 4.45. The molecule has 0 aliphatic carbocycles. The van der Waals surface area contributed by atoms with Crippen molar-refractivity contribution < 1.29 is 4.79 Å². The number of hydrogen-bond donors (Lipinski definition) is 2. The molecule has 0 fully saturated rings. The van der Waals surface area contributed by atoms with Crippen LogP contribution in [0, 0.1) is 0 Å². The van der Waals surface area contributed by atoms with E-state index in [2.05, 4.69) is 22.1 Å². The first-order valence-corrected chi connectivity index (χ1v) is 10.2. The van der Waals surface area contributed by atoms with Crippen molar-refractivity contribution in [2.24, 2.45) is 0 Å². The number of nitrogens with zero attached hydrogens (tertiary/aromatic N) is 2. The van der Waals surface area contributed by atoms with Crippen molar-refractivity contribution in [3.05, 3.63) is 50.0 Å². The smallest absolute Gasteiger partial charge is 0.328 e. The van der Waals surface area contributed by atoms with Crippen molar-refractivity contribution in [2.75, 3.05) is 24.5 Å². The summed E-state index contributed by atoms with van der Waals surface area (Å²) in [7, 11) is 0. The number of carbonyl (C=O) groups is 1. The molecule has 2 heterocycles. The van der Waals surface area contributed by atoms with Crippen molar-refractivity contribution in [3.8, 4) is 0 Å². The zero-order chi connectivity index (χ0) is 20.3. The molecule has 0 saturated carbocycles. The lowest BCUT2D eigenvalue weighted by atomic mass is 10.0. The van der Waals surface area contributed by atoms with Gasteiger partial charge in [-0.15, -0.1) is 0 Å². The second kappa shape index (κ2) is 8.88. The number of hydrogen-bond acceptors (Lipinski definition) is 3. The zero-order valence-corrected chi connectivity index (χ0v) is 17.5. The Bertz CT molecular complexity index is 941. The van der Waals surface area contributed by atoms with Gasteiger partial charge in [0, 0.05) is 29.7 Å². The predicted octanol–water partition coefficient (Wildman–Crippen LogP) is 3.78. The lowest BCUT2D eigenvalue weighted by molar-refractivity contribution is -0.121.